The summed E-state index contributed by atoms with van der Waals surface area (Å²) >= 11 is 0. The van der Waals surface area contributed by atoms with Gasteiger partial charge in [0.15, 0.2) is 0 Å². The van der Waals surface area contributed by atoms with E-state index in [1.54, 1.807) is 6.34 Å². The molecule has 25 heavy (non-hydrogen) atoms. The number of aromatic nitrogens is 1. The Morgan fingerprint density at radius 1 is 1.36 bits per heavy atom. The lowest BCUT2D eigenvalue weighted by Gasteiger charge is -2.27. The highest BCUT2D eigenvalue weighted by atomic mass is 19.4. The van der Waals surface area contributed by atoms with Crippen molar-refractivity contribution in [2.75, 3.05) is 13.6 Å². The summed E-state index contributed by atoms with van der Waals surface area (Å²) in [6.45, 7) is -0.910. The van der Waals surface area contributed by atoms with Gasteiger partial charge in [0, 0.05) is 20.5 Å². The molecule has 1 aliphatic heterocycles. The molecule has 1 fully saturated rings. The van der Waals surface area contributed by atoms with Crippen LogP contribution in [0.1, 0.15) is 40.5 Å². The van der Waals surface area contributed by atoms with Crippen LogP contribution in [0.5, 0.6) is 0 Å². The van der Waals surface area contributed by atoms with Crippen molar-refractivity contribution in [3.05, 3.63) is 23.5 Å². The van der Waals surface area contributed by atoms with E-state index in [0.29, 0.717) is 5.92 Å². The van der Waals surface area contributed by atoms with Crippen LogP contribution in [0, 0.1) is 5.92 Å². The summed E-state index contributed by atoms with van der Waals surface area (Å²) in [5.41, 5.74) is 6.19. The molecule has 0 unspecified atom stereocenters. The van der Waals surface area contributed by atoms with E-state index >= 15 is 0 Å². The Morgan fingerprint density at radius 2 is 2.08 bits per heavy atom. The molecule has 6 nitrogen and oxygen atoms in total. The number of hydrazine groups is 1. The second-order valence-electron chi connectivity index (χ2n) is 6.06. The molecule has 0 aromatic carbocycles. The van der Waals surface area contributed by atoms with E-state index in [0.717, 1.165) is 22.8 Å². The minimum absolute atomic E-state index is 0. The molecule has 0 spiro atoms. The van der Waals surface area contributed by atoms with Crippen LogP contribution < -0.4 is 21.9 Å². The fourth-order valence-electron chi connectivity index (χ4n) is 3.12. The largest absolute Gasteiger partial charge is 0.401 e. The van der Waals surface area contributed by atoms with Gasteiger partial charge in [0.25, 0.3) is 0 Å². The van der Waals surface area contributed by atoms with E-state index in [4.69, 9.17) is 5.84 Å². The second kappa shape index (κ2) is 8.91. The summed E-state index contributed by atoms with van der Waals surface area (Å²) < 4.78 is 33.0. The van der Waals surface area contributed by atoms with Crippen LogP contribution in [0.15, 0.2) is 23.0 Å². The number of allylic oxidation sites excluding steroid dienone is 1. The standard InChI is InChI=1S/C13H19N5.C3H6F3N.2H2/c14-18-11(9-4-2-1-3-5-9)12-10-6-7-15-13(10)17-8-16-12;1-7-2-3(4,5)6;;/h6-9,15,18H,1-5,14H2,(H,16,17);7H,2H2,1H3;2*1H/b12-11-;;;. The smallest absolute Gasteiger partial charge is 0.346 e. The van der Waals surface area contributed by atoms with Gasteiger partial charge in [-0.25, -0.2) is 4.99 Å². The summed E-state index contributed by atoms with van der Waals surface area (Å²) in [6, 6.07) is 2.04. The first-order valence-electron chi connectivity index (χ1n) is 8.35. The number of aliphatic imine (C=N–C) groups is 1. The van der Waals surface area contributed by atoms with Crippen LogP contribution in [0.2, 0.25) is 0 Å². The molecule has 1 aromatic heterocycles. The maximum atomic E-state index is 11.0. The Balaban J connectivity index is 0.000000656. The Kier molecular flexibility index (Phi) is 6.89. The molecular weight excluding hydrogens is 333 g/mol. The van der Waals surface area contributed by atoms with Gasteiger partial charge in [-0.1, -0.05) is 19.3 Å². The number of rotatable bonds is 3. The molecule has 2 heterocycles. The average Bonchev–Trinajstić information content (AvgIpc) is 3.05. The molecule has 6 N–H and O–H groups in total. The maximum Gasteiger partial charge on any atom is 0.401 e. The third-order valence-corrected chi connectivity index (χ3v) is 4.21. The normalized spacial score (nSPS) is 19.4. The summed E-state index contributed by atoms with van der Waals surface area (Å²) in [5, 5.41) is 5.22. The first-order valence-corrected chi connectivity index (χ1v) is 8.35. The van der Waals surface area contributed by atoms with Crippen LogP contribution in [0.3, 0.4) is 0 Å². The Bertz CT molecular complexity index is 610. The summed E-state index contributed by atoms with van der Waals surface area (Å²) in [4.78, 5) is 7.40. The minimum Gasteiger partial charge on any atom is -0.346 e. The molecule has 0 saturated heterocycles. The third kappa shape index (κ3) is 5.50. The second-order valence-corrected chi connectivity index (χ2v) is 6.06. The van der Waals surface area contributed by atoms with Crippen molar-refractivity contribution >= 4 is 17.9 Å². The molecule has 1 saturated carbocycles. The van der Waals surface area contributed by atoms with Crippen molar-refractivity contribution in [2.45, 2.75) is 38.3 Å². The lowest BCUT2D eigenvalue weighted by atomic mass is 9.85. The Hall–Kier alpha value is -2.00. The predicted octanol–water partition coefficient (Wildman–Crippen LogP) is 3.25. The molecule has 0 radical (unpaired) electrons. The number of hydrogen-bond acceptors (Lipinski definition) is 5. The first-order chi connectivity index (χ1) is 12.0. The minimum atomic E-state index is -4.06. The van der Waals surface area contributed by atoms with Gasteiger partial charge in [0.2, 0.25) is 0 Å². The number of hydrogen-bond donors (Lipinski definition) is 5. The maximum absolute atomic E-state index is 11.0. The van der Waals surface area contributed by atoms with Crippen LogP contribution in [-0.2, 0) is 0 Å². The summed E-state index contributed by atoms with van der Waals surface area (Å²) in [6.07, 6.45) is 5.90. The van der Waals surface area contributed by atoms with Crippen LogP contribution in [0.25, 0.3) is 5.70 Å². The van der Waals surface area contributed by atoms with Gasteiger partial charge in [0.1, 0.15) is 5.82 Å². The van der Waals surface area contributed by atoms with E-state index in [1.807, 2.05) is 17.6 Å². The fraction of sp³-hybridized carbons (Fsp3) is 0.562. The number of halogens is 3. The molecule has 0 amide bonds. The van der Waals surface area contributed by atoms with E-state index < -0.39 is 12.7 Å². The van der Waals surface area contributed by atoms with Gasteiger partial charge in [-0.05, 0) is 26.0 Å². The summed E-state index contributed by atoms with van der Waals surface area (Å²) in [5.74, 6) is 7.18. The van der Waals surface area contributed by atoms with Gasteiger partial charge in [-0.15, -0.1) is 0 Å². The zero-order valence-corrected chi connectivity index (χ0v) is 14.2. The van der Waals surface area contributed by atoms with Crippen molar-refractivity contribution in [1.82, 2.24) is 21.0 Å². The Labute approximate surface area is 148 Å². The number of nitrogens with two attached hydrogens (primary N) is 1. The number of nitrogens with one attached hydrogen (secondary N) is 4. The molecule has 1 aromatic rings. The van der Waals surface area contributed by atoms with Crippen molar-refractivity contribution in [2.24, 2.45) is 16.8 Å². The van der Waals surface area contributed by atoms with Crippen LogP contribution >= 0.6 is 0 Å². The zero-order chi connectivity index (χ0) is 18.3. The highest BCUT2D eigenvalue weighted by molar-refractivity contribution is 5.87. The molecule has 144 valence electrons. The highest BCUT2D eigenvalue weighted by Gasteiger charge is 2.25. The van der Waals surface area contributed by atoms with Crippen molar-refractivity contribution in [3.8, 4) is 0 Å². The number of aromatic amines is 1. The number of fused-ring (bicyclic) bond motifs is 1. The van der Waals surface area contributed by atoms with Crippen molar-refractivity contribution < 1.29 is 16.0 Å². The van der Waals surface area contributed by atoms with E-state index in [2.05, 4.69) is 20.7 Å². The number of nitrogens with zero attached hydrogens (tertiary/aromatic N) is 1. The SMILES string of the molecule is CNCC(F)(F)F.NN/C(=C1\NC=Nc2[nH]ccc21)C1CCCCC1.[HH].[HH]. The Morgan fingerprint density at radius 3 is 2.64 bits per heavy atom. The summed E-state index contributed by atoms with van der Waals surface area (Å²) in [7, 11) is 1.26. The molecule has 0 atom stereocenters. The molecular formula is C16H29F3N6. The first kappa shape index (κ1) is 19.3. The van der Waals surface area contributed by atoms with Crippen molar-refractivity contribution in [1.29, 1.82) is 0 Å². The monoisotopic (exact) mass is 362 g/mol. The number of H-pyrrole nitrogens is 1. The number of alkyl halides is 3. The van der Waals surface area contributed by atoms with Gasteiger partial charge in [-0.3, -0.25) is 5.84 Å². The van der Waals surface area contributed by atoms with Gasteiger partial charge in [0.05, 0.1) is 24.3 Å². The average molecular weight is 362 g/mol. The van der Waals surface area contributed by atoms with E-state index in [1.165, 1.54) is 39.2 Å². The zero-order valence-electron chi connectivity index (χ0n) is 14.2. The third-order valence-electron chi connectivity index (χ3n) is 4.21. The van der Waals surface area contributed by atoms with Gasteiger partial charge >= 0.3 is 6.18 Å². The molecule has 0 bridgehead atoms. The van der Waals surface area contributed by atoms with Crippen LogP contribution in [0.4, 0.5) is 19.0 Å². The quantitative estimate of drug-likeness (QED) is 0.422. The molecule has 2 aliphatic rings. The van der Waals surface area contributed by atoms with Gasteiger partial charge in [-0.2, -0.15) is 13.2 Å². The highest BCUT2D eigenvalue weighted by Crippen LogP contribution is 2.34. The lowest BCUT2D eigenvalue weighted by molar-refractivity contribution is -0.123. The molecule has 1 aliphatic carbocycles. The molecule has 9 heteroatoms. The molecule has 3 rings (SSSR count). The lowest BCUT2D eigenvalue weighted by Crippen LogP contribution is -2.32. The fourth-order valence-corrected chi connectivity index (χ4v) is 3.12. The van der Waals surface area contributed by atoms with Gasteiger partial charge < -0.3 is 21.0 Å². The van der Waals surface area contributed by atoms with E-state index in [9.17, 15) is 13.2 Å². The predicted molar refractivity (Wildman–Crippen MR) is 97.1 cm³/mol. The van der Waals surface area contributed by atoms with Crippen molar-refractivity contribution in [3.63, 3.8) is 0 Å². The van der Waals surface area contributed by atoms with Crippen LogP contribution in [-0.4, -0.2) is 31.1 Å². The van der Waals surface area contributed by atoms with E-state index in [-0.39, 0.29) is 2.85 Å². The topological polar surface area (TPSA) is 90.3 Å².